The minimum atomic E-state index is -0.676. The fourth-order valence-electron chi connectivity index (χ4n) is 1.40. The number of non-ortho nitro benzene ring substituents is 1. The molecule has 1 aromatic heterocycles. The summed E-state index contributed by atoms with van der Waals surface area (Å²) in [6.45, 7) is 0. The molecular formula is C11H8N4O5. The van der Waals surface area contributed by atoms with Crippen LogP contribution in [0.15, 0.2) is 35.1 Å². The standard InChI is InChI=1S/C11H8N4O5/c16-9-5-6(15(19)20)1-2-7(9)12-11(18)8-3-4-10(17)14-13-8/h1-5,16H,(H,12,18)(H,14,17). The molecule has 2 aromatic rings. The van der Waals surface area contributed by atoms with E-state index < -0.39 is 22.1 Å². The molecule has 0 radical (unpaired) electrons. The lowest BCUT2D eigenvalue weighted by atomic mass is 10.2. The van der Waals surface area contributed by atoms with Crippen molar-refractivity contribution < 1.29 is 14.8 Å². The van der Waals surface area contributed by atoms with Gasteiger partial charge in [-0.2, -0.15) is 5.10 Å². The molecule has 0 saturated heterocycles. The summed E-state index contributed by atoms with van der Waals surface area (Å²) >= 11 is 0. The second-order valence-corrected chi connectivity index (χ2v) is 3.72. The average molecular weight is 276 g/mol. The van der Waals surface area contributed by atoms with Crippen molar-refractivity contribution in [3.63, 3.8) is 0 Å². The molecule has 0 atom stereocenters. The van der Waals surface area contributed by atoms with Crippen LogP contribution in [-0.4, -0.2) is 26.1 Å². The molecular weight excluding hydrogens is 268 g/mol. The van der Waals surface area contributed by atoms with E-state index in [0.717, 1.165) is 18.2 Å². The van der Waals surface area contributed by atoms with Crippen molar-refractivity contribution in [1.29, 1.82) is 0 Å². The summed E-state index contributed by atoms with van der Waals surface area (Å²) in [5, 5.41) is 28.0. The van der Waals surface area contributed by atoms with Gasteiger partial charge >= 0.3 is 0 Å². The molecule has 1 heterocycles. The van der Waals surface area contributed by atoms with E-state index >= 15 is 0 Å². The molecule has 0 unspecified atom stereocenters. The molecule has 9 heteroatoms. The zero-order valence-corrected chi connectivity index (χ0v) is 9.86. The maximum atomic E-state index is 11.8. The number of phenolic OH excluding ortho intramolecular Hbond substituents is 1. The molecule has 0 aliphatic heterocycles. The summed E-state index contributed by atoms with van der Waals surface area (Å²) < 4.78 is 0. The van der Waals surface area contributed by atoms with E-state index in [9.17, 15) is 24.8 Å². The fourth-order valence-corrected chi connectivity index (χ4v) is 1.40. The maximum absolute atomic E-state index is 11.8. The normalized spacial score (nSPS) is 10.0. The van der Waals surface area contributed by atoms with Gasteiger partial charge in [0.1, 0.15) is 11.4 Å². The Bertz CT molecular complexity index is 719. The molecule has 0 spiro atoms. The molecule has 0 aliphatic rings. The van der Waals surface area contributed by atoms with Crippen LogP contribution in [0.25, 0.3) is 0 Å². The number of H-pyrrole nitrogens is 1. The topological polar surface area (TPSA) is 138 Å². The second kappa shape index (κ2) is 5.18. The van der Waals surface area contributed by atoms with Crippen molar-refractivity contribution in [1.82, 2.24) is 10.2 Å². The number of aromatic nitrogens is 2. The summed E-state index contributed by atoms with van der Waals surface area (Å²) in [4.78, 5) is 32.4. The lowest BCUT2D eigenvalue weighted by Crippen LogP contribution is -2.17. The van der Waals surface area contributed by atoms with Gasteiger partial charge in [0, 0.05) is 12.1 Å². The third kappa shape index (κ3) is 2.77. The first kappa shape index (κ1) is 13.2. The number of carbonyl (C=O) groups is 1. The van der Waals surface area contributed by atoms with Crippen molar-refractivity contribution in [3.05, 3.63) is 56.5 Å². The Hall–Kier alpha value is -3.23. The molecule has 9 nitrogen and oxygen atoms in total. The van der Waals surface area contributed by atoms with E-state index in [4.69, 9.17) is 0 Å². The number of nitro benzene ring substituents is 1. The highest BCUT2D eigenvalue weighted by Crippen LogP contribution is 2.27. The summed E-state index contributed by atoms with van der Waals surface area (Å²) in [5.41, 5.74) is -0.835. The Balaban J connectivity index is 2.21. The van der Waals surface area contributed by atoms with Gasteiger partial charge in [-0.1, -0.05) is 0 Å². The van der Waals surface area contributed by atoms with Gasteiger partial charge in [0.15, 0.2) is 0 Å². The molecule has 3 N–H and O–H groups in total. The monoisotopic (exact) mass is 276 g/mol. The molecule has 2 rings (SSSR count). The number of rotatable bonds is 3. The smallest absolute Gasteiger partial charge is 0.276 e. The van der Waals surface area contributed by atoms with Crippen LogP contribution in [0.3, 0.4) is 0 Å². The zero-order valence-electron chi connectivity index (χ0n) is 9.86. The van der Waals surface area contributed by atoms with Crippen molar-refractivity contribution in [3.8, 4) is 5.75 Å². The Morgan fingerprint density at radius 3 is 2.65 bits per heavy atom. The number of amides is 1. The van der Waals surface area contributed by atoms with Gasteiger partial charge in [-0.25, -0.2) is 5.10 Å². The second-order valence-electron chi connectivity index (χ2n) is 3.72. The molecule has 0 fully saturated rings. The number of nitrogens with one attached hydrogen (secondary N) is 2. The third-order valence-electron chi connectivity index (χ3n) is 2.35. The van der Waals surface area contributed by atoms with E-state index in [1.165, 1.54) is 12.1 Å². The van der Waals surface area contributed by atoms with Crippen LogP contribution < -0.4 is 10.9 Å². The summed E-state index contributed by atoms with van der Waals surface area (Å²) in [7, 11) is 0. The number of aromatic hydroxyl groups is 1. The van der Waals surface area contributed by atoms with Gasteiger partial charge in [0.05, 0.1) is 16.7 Å². The van der Waals surface area contributed by atoms with E-state index in [2.05, 4.69) is 15.5 Å². The SMILES string of the molecule is O=C(Nc1ccc([N+](=O)[O-])cc1O)c1ccc(=O)[nH]n1. The average Bonchev–Trinajstić information content (AvgIpc) is 2.41. The number of benzene rings is 1. The lowest BCUT2D eigenvalue weighted by molar-refractivity contribution is -0.384. The molecule has 1 amide bonds. The molecule has 102 valence electrons. The fraction of sp³-hybridized carbons (Fsp3) is 0. The number of hydrogen-bond acceptors (Lipinski definition) is 6. The van der Waals surface area contributed by atoms with Crippen LogP contribution >= 0.6 is 0 Å². The summed E-state index contributed by atoms with van der Waals surface area (Å²) in [6, 6.07) is 5.57. The quantitative estimate of drug-likeness (QED) is 0.427. The predicted octanol–water partition coefficient (Wildman–Crippen LogP) is 0.636. The molecule has 0 aliphatic carbocycles. The zero-order chi connectivity index (χ0) is 14.7. The van der Waals surface area contributed by atoms with E-state index in [1.807, 2.05) is 0 Å². The number of nitro groups is 1. The van der Waals surface area contributed by atoms with Crippen LogP contribution in [0, 0.1) is 10.1 Å². The first-order chi connectivity index (χ1) is 9.47. The molecule has 0 saturated carbocycles. The minimum Gasteiger partial charge on any atom is -0.506 e. The van der Waals surface area contributed by atoms with Gasteiger partial charge < -0.3 is 10.4 Å². The van der Waals surface area contributed by atoms with E-state index in [-0.39, 0.29) is 17.1 Å². The van der Waals surface area contributed by atoms with Crippen LogP contribution in [0.5, 0.6) is 5.75 Å². The predicted molar refractivity (Wildman–Crippen MR) is 67.6 cm³/mol. The van der Waals surface area contributed by atoms with Crippen molar-refractivity contribution in [2.45, 2.75) is 0 Å². The van der Waals surface area contributed by atoms with Gasteiger partial charge in [0.25, 0.3) is 17.2 Å². The number of phenols is 1. The van der Waals surface area contributed by atoms with Crippen LogP contribution in [0.2, 0.25) is 0 Å². The minimum absolute atomic E-state index is 0.00593. The molecule has 1 aromatic carbocycles. The number of hydrogen-bond donors (Lipinski definition) is 3. The molecule has 20 heavy (non-hydrogen) atoms. The Morgan fingerprint density at radius 2 is 2.10 bits per heavy atom. The Labute approximate surface area is 111 Å². The van der Waals surface area contributed by atoms with Crippen LogP contribution in [0.1, 0.15) is 10.5 Å². The third-order valence-corrected chi connectivity index (χ3v) is 2.35. The first-order valence-electron chi connectivity index (χ1n) is 5.32. The first-order valence-corrected chi connectivity index (χ1v) is 5.32. The largest absolute Gasteiger partial charge is 0.506 e. The summed E-state index contributed by atoms with van der Waals surface area (Å²) in [6.07, 6.45) is 0. The highest BCUT2D eigenvalue weighted by atomic mass is 16.6. The van der Waals surface area contributed by atoms with E-state index in [1.54, 1.807) is 0 Å². The Morgan fingerprint density at radius 1 is 1.35 bits per heavy atom. The van der Waals surface area contributed by atoms with Crippen LogP contribution in [-0.2, 0) is 0 Å². The van der Waals surface area contributed by atoms with Gasteiger partial charge in [0.2, 0.25) is 0 Å². The highest BCUT2D eigenvalue weighted by molar-refractivity contribution is 6.03. The summed E-state index contributed by atoms with van der Waals surface area (Å²) in [5.74, 6) is -1.12. The number of nitrogens with zero attached hydrogens (tertiary/aromatic N) is 2. The van der Waals surface area contributed by atoms with E-state index in [0.29, 0.717) is 0 Å². The van der Waals surface area contributed by atoms with Crippen molar-refractivity contribution in [2.24, 2.45) is 0 Å². The van der Waals surface area contributed by atoms with Crippen molar-refractivity contribution >= 4 is 17.3 Å². The van der Waals surface area contributed by atoms with Crippen LogP contribution in [0.4, 0.5) is 11.4 Å². The lowest BCUT2D eigenvalue weighted by Gasteiger charge is -2.06. The van der Waals surface area contributed by atoms with Gasteiger partial charge in [-0.05, 0) is 12.1 Å². The number of anilines is 1. The Kier molecular flexibility index (Phi) is 3.42. The number of carbonyl (C=O) groups excluding carboxylic acids is 1. The molecule has 0 bridgehead atoms. The highest BCUT2D eigenvalue weighted by Gasteiger charge is 2.13. The van der Waals surface area contributed by atoms with Crippen molar-refractivity contribution in [2.75, 3.05) is 5.32 Å². The maximum Gasteiger partial charge on any atom is 0.276 e. The van der Waals surface area contributed by atoms with Gasteiger partial charge in [-0.15, -0.1) is 0 Å². The number of aromatic amines is 1. The van der Waals surface area contributed by atoms with Gasteiger partial charge in [-0.3, -0.25) is 19.7 Å².